The zero-order chi connectivity index (χ0) is 13.8. The number of nitrogens with zero attached hydrogens (tertiary/aromatic N) is 2. The van der Waals surface area contributed by atoms with Gasteiger partial charge < -0.3 is 9.84 Å². The molecule has 1 fully saturated rings. The molecule has 0 radical (unpaired) electrons. The number of nitrogens with one attached hydrogen (secondary N) is 1. The van der Waals surface area contributed by atoms with Crippen LogP contribution in [0.2, 0.25) is 0 Å². The molecule has 1 N–H and O–H groups in total. The van der Waals surface area contributed by atoms with E-state index < -0.39 is 0 Å². The van der Waals surface area contributed by atoms with Gasteiger partial charge in [-0.3, -0.25) is 0 Å². The molecule has 3 rings (SSSR count). The lowest BCUT2D eigenvalue weighted by molar-refractivity contribution is 0.319. The first-order valence-electron chi connectivity index (χ1n) is 6.73. The van der Waals surface area contributed by atoms with Gasteiger partial charge in [-0.15, -0.1) is 11.8 Å². The van der Waals surface area contributed by atoms with Crippen molar-refractivity contribution in [3.05, 3.63) is 40.5 Å². The van der Waals surface area contributed by atoms with Crippen LogP contribution in [0.1, 0.15) is 30.5 Å². The minimum Gasteiger partial charge on any atom is -0.339 e. The summed E-state index contributed by atoms with van der Waals surface area (Å²) in [5.74, 6) is 2.73. The number of thioether (sulfide) groups is 1. The van der Waals surface area contributed by atoms with Gasteiger partial charge in [0, 0.05) is 15.3 Å². The number of piperidine rings is 1. The van der Waals surface area contributed by atoms with Gasteiger partial charge in [0.2, 0.25) is 5.89 Å². The predicted molar refractivity (Wildman–Crippen MR) is 82.8 cm³/mol. The summed E-state index contributed by atoms with van der Waals surface area (Å²) in [5.41, 5.74) is 0. The lowest BCUT2D eigenvalue weighted by atomic mass is 9.98. The van der Waals surface area contributed by atoms with Gasteiger partial charge in [-0.2, -0.15) is 4.98 Å². The van der Waals surface area contributed by atoms with E-state index in [-0.39, 0.29) is 0 Å². The zero-order valence-electron chi connectivity index (χ0n) is 11.0. The molecule has 6 heteroatoms. The number of hydrogen-bond donors (Lipinski definition) is 1. The second kappa shape index (κ2) is 6.74. The molecule has 4 nitrogen and oxygen atoms in total. The van der Waals surface area contributed by atoms with Gasteiger partial charge in [0.05, 0.1) is 5.75 Å². The maximum atomic E-state index is 5.41. The lowest BCUT2D eigenvalue weighted by Gasteiger charge is -2.18. The first kappa shape index (κ1) is 14.1. The number of rotatable bonds is 4. The largest absolute Gasteiger partial charge is 0.339 e. The van der Waals surface area contributed by atoms with Crippen LogP contribution in [0.4, 0.5) is 0 Å². The molecule has 1 aromatic heterocycles. The standard InChI is InChI=1S/C14H16BrN3OS/c15-11-3-1-2-4-12(11)20-9-13-17-14(19-18-13)10-5-7-16-8-6-10/h1-4,10,16H,5-9H2. The van der Waals surface area contributed by atoms with Crippen molar-refractivity contribution in [2.45, 2.75) is 29.4 Å². The van der Waals surface area contributed by atoms with E-state index in [2.05, 4.69) is 37.5 Å². The molecule has 1 aromatic carbocycles. The molecule has 2 heterocycles. The summed E-state index contributed by atoms with van der Waals surface area (Å²) in [6.07, 6.45) is 2.16. The average Bonchev–Trinajstić information content (AvgIpc) is 2.96. The number of halogens is 1. The summed E-state index contributed by atoms with van der Waals surface area (Å²) < 4.78 is 6.51. The molecule has 106 valence electrons. The summed E-state index contributed by atoms with van der Waals surface area (Å²) in [4.78, 5) is 5.73. The number of aromatic nitrogens is 2. The zero-order valence-corrected chi connectivity index (χ0v) is 13.4. The second-order valence-corrected chi connectivity index (χ2v) is 6.66. The first-order chi connectivity index (χ1) is 9.83. The second-order valence-electron chi connectivity index (χ2n) is 4.79. The van der Waals surface area contributed by atoms with Crippen LogP contribution in [0.5, 0.6) is 0 Å². The minimum atomic E-state index is 0.422. The Kier molecular flexibility index (Phi) is 4.75. The summed E-state index contributed by atoms with van der Waals surface area (Å²) in [6.45, 7) is 2.07. The van der Waals surface area contributed by atoms with Gasteiger partial charge in [-0.25, -0.2) is 0 Å². The smallest absolute Gasteiger partial charge is 0.229 e. The van der Waals surface area contributed by atoms with Crippen molar-refractivity contribution in [3.8, 4) is 0 Å². The molecule has 0 amide bonds. The van der Waals surface area contributed by atoms with E-state index >= 15 is 0 Å². The van der Waals surface area contributed by atoms with Crippen molar-refractivity contribution in [1.29, 1.82) is 0 Å². The van der Waals surface area contributed by atoms with Crippen LogP contribution in [0.15, 0.2) is 38.2 Å². The van der Waals surface area contributed by atoms with Crippen molar-refractivity contribution < 1.29 is 4.52 Å². The molecule has 0 atom stereocenters. The normalized spacial score (nSPS) is 16.4. The maximum Gasteiger partial charge on any atom is 0.229 e. The van der Waals surface area contributed by atoms with Crippen LogP contribution in [0.3, 0.4) is 0 Å². The summed E-state index contributed by atoms with van der Waals surface area (Å²) in [5, 5.41) is 7.44. The Bertz CT molecular complexity index is 569. The van der Waals surface area contributed by atoms with E-state index in [9.17, 15) is 0 Å². The van der Waals surface area contributed by atoms with Gasteiger partial charge in [-0.1, -0.05) is 17.3 Å². The third-order valence-corrected chi connectivity index (χ3v) is 5.39. The third-order valence-electron chi connectivity index (χ3n) is 3.37. The van der Waals surface area contributed by atoms with Crippen LogP contribution in [-0.2, 0) is 5.75 Å². The van der Waals surface area contributed by atoms with Gasteiger partial charge >= 0.3 is 0 Å². The van der Waals surface area contributed by atoms with E-state index in [4.69, 9.17) is 4.52 Å². The fraction of sp³-hybridized carbons (Fsp3) is 0.429. The number of hydrogen-bond acceptors (Lipinski definition) is 5. The summed E-state index contributed by atoms with van der Waals surface area (Å²) in [6, 6.07) is 8.17. The molecule has 0 spiro atoms. The predicted octanol–water partition coefficient (Wildman–Crippen LogP) is 3.59. The molecule has 20 heavy (non-hydrogen) atoms. The molecule has 1 saturated heterocycles. The van der Waals surface area contributed by atoms with Crippen LogP contribution in [0.25, 0.3) is 0 Å². The molecular formula is C14H16BrN3OS. The van der Waals surface area contributed by atoms with Crippen molar-refractivity contribution in [3.63, 3.8) is 0 Å². The lowest BCUT2D eigenvalue weighted by Crippen LogP contribution is -2.26. The van der Waals surface area contributed by atoms with Gasteiger partial charge in [0.25, 0.3) is 0 Å². The Labute approximate surface area is 130 Å². The van der Waals surface area contributed by atoms with Crippen LogP contribution in [-0.4, -0.2) is 23.2 Å². The van der Waals surface area contributed by atoms with Crippen LogP contribution in [0, 0.1) is 0 Å². The topological polar surface area (TPSA) is 51.0 Å². The number of benzene rings is 1. The van der Waals surface area contributed by atoms with Gasteiger partial charge in [0.1, 0.15) is 0 Å². The quantitative estimate of drug-likeness (QED) is 0.851. The molecule has 1 aliphatic heterocycles. The average molecular weight is 354 g/mol. The summed E-state index contributed by atoms with van der Waals surface area (Å²) in [7, 11) is 0. The van der Waals surface area contributed by atoms with Crippen molar-refractivity contribution in [1.82, 2.24) is 15.5 Å². The Morgan fingerprint density at radius 3 is 2.90 bits per heavy atom. The van der Waals surface area contributed by atoms with Crippen molar-refractivity contribution in [2.24, 2.45) is 0 Å². The van der Waals surface area contributed by atoms with Crippen molar-refractivity contribution >= 4 is 27.7 Å². The van der Waals surface area contributed by atoms with E-state index in [0.29, 0.717) is 5.92 Å². The Morgan fingerprint density at radius 1 is 1.30 bits per heavy atom. The van der Waals surface area contributed by atoms with E-state index in [1.54, 1.807) is 11.8 Å². The van der Waals surface area contributed by atoms with Crippen LogP contribution >= 0.6 is 27.7 Å². The SMILES string of the molecule is Brc1ccccc1SCc1noc(C2CCNCC2)n1. The molecule has 1 aliphatic rings. The van der Waals surface area contributed by atoms with Crippen LogP contribution < -0.4 is 5.32 Å². The first-order valence-corrected chi connectivity index (χ1v) is 8.51. The molecule has 0 saturated carbocycles. The highest BCUT2D eigenvalue weighted by Gasteiger charge is 2.21. The monoisotopic (exact) mass is 353 g/mol. The molecule has 0 unspecified atom stereocenters. The molecular weight excluding hydrogens is 338 g/mol. The van der Waals surface area contributed by atoms with Gasteiger partial charge in [-0.05, 0) is 54.0 Å². The Hall–Kier alpha value is -0.850. The molecule has 0 aliphatic carbocycles. The van der Waals surface area contributed by atoms with E-state index in [1.807, 2.05) is 18.2 Å². The van der Waals surface area contributed by atoms with E-state index in [1.165, 1.54) is 4.90 Å². The fourth-order valence-electron chi connectivity index (χ4n) is 2.26. The van der Waals surface area contributed by atoms with Crippen molar-refractivity contribution in [2.75, 3.05) is 13.1 Å². The summed E-state index contributed by atoms with van der Waals surface area (Å²) >= 11 is 5.26. The molecule has 0 bridgehead atoms. The third kappa shape index (κ3) is 3.42. The molecule has 2 aromatic rings. The van der Waals surface area contributed by atoms with E-state index in [0.717, 1.165) is 47.9 Å². The maximum absolute atomic E-state index is 5.41. The Morgan fingerprint density at radius 2 is 2.10 bits per heavy atom. The highest BCUT2D eigenvalue weighted by Crippen LogP contribution is 2.30. The van der Waals surface area contributed by atoms with Gasteiger partial charge in [0.15, 0.2) is 5.82 Å². The highest BCUT2D eigenvalue weighted by molar-refractivity contribution is 9.10. The highest BCUT2D eigenvalue weighted by atomic mass is 79.9. The fourth-order valence-corrected chi connectivity index (χ4v) is 3.68. The Balaban J connectivity index is 1.61. The minimum absolute atomic E-state index is 0.422.